The molecule has 0 spiro atoms. The van der Waals surface area contributed by atoms with E-state index in [9.17, 15) is 4.79 Å². The SMILES string of the molecule is Cc1cccc(N)c1C(=O)OC(C)C(C)C. The van der Waals surface area contributed by atoms with Crippen molar-refractivity contribution in [2.75, 3.05) is 5.73 Å². The Labute approximate surface area is 96.6 Å². The van der Waals surface area contributed by atoms with E-state index in [1.54, 1.807) is 6.07 Å². The van der Waals surface area contributed by atoms with Crippen molar-refractivity contribution < 1.29 is 9.53 Å². The Hall–Kier alpha value is -1.51. The highest BCUT2D eigenvalue weighted by Crippen LogP contribution is 2.19. The lowest BCUT2D eigenvalue weighted by Gasteiger charge is -2.18. The summed E-state index contributed by atoms with van der Waals surface area (Å²) in [5.41, 5.74) is 7.58. The van der Waals surface area contributed by atoms with Gasteiger partial charge in [-0.05, 0) is 31.4 Å². The van der Waals surface area contributed by atoms with Gasteiger partial charge in [-0.15, -0.1) is 0 Å². The van der Waals surface area contributed by atoms with Crippen molar-refractivity contribution in [1.29, 1.82) is 0 Å². The number of hydrogen-bond acceptors (Lipinski definition) is 3. The molecular weight excluding hydrogens is 202 g/mol. The monoisotopic (exact) mass is 221 g/mol. The van der Waals surface area contributed by atoms with Gasteiger partial charge in [0.05, 0.1) is 5.56 Å². The highest BCUT2D eigenvalue weighted by atomic mass is 16.5. The quantitative estimate of drug-likeness (QED) is 0.630. The lowest BCUT2D eigenvalue weighted by Crippen LogP contribution is -2.21. The second-order valence-electron chi connectivity index (χ2n) is 4.39. The molecule has 0 saturated heterocycles. The standard InChI is InChI=1S/C13H19NO2/c1-8(2)10(4)16-13(15)12-9(3)6-5-7-11(12)14/h5-8,10H,14H2,1-4H3. The van der Waals surface area contributed by atoms with E-state index < -0.39 is 0 Å². The molecule has 1 rings (SSSR count). The number of ether oxygens (including phenoxy) is 1. The molecule has 0 saturated carbocycles. The van der Waals surface area contributed by atoms with Crippen LogP contribution >= 0.6 is 0 Å². The first kappa shape index (κ1) is 12.6. The summed E-state index contributed by atoms with van der Waals surface area (Å²) in [6, 6.07) is 5.39. The number of rotatable bonds is 3. The fraction of sp³-hybridized carbons (Fsp3) is 0.462. The van der Waals surface area contributed by atoms with Gasteiger partial charge in [0.1, 0.15) is 6.10 Å². The van der Waals surface area contributed by atoms with Crippen LogP contribution in [0.3, 0.4) is 0 Å². The minimum absolute atomic E-state index is 0.105. The molecule has 88 valence electrons. The Morgan fingerprint density at radius 1 is 1.31 bits per heavy atom. The molecule has 1 unspecified atom stereocenters. The van der Waals surface area contributed by atoms with Crippen LogP contribution in [0, 0.1) is 12.8 Å². The zero-order valence-corrected chi connectivity index (χ0v) is 10.3. The van der Waals surface area contributed by atoms with Gasteiger partial charge in [0.25, 0.3) is 0 Å². The van der Waals surface area contributed by atoms with E-state index >= 15 is 0 Å². The number of hydrogen-bond donors (Lipinski definition) is 1. The first-order valence-corrected chi connectivity index (χ1v) is 5.49. The summed E-state index contributed by atoms with van der Waals surface area (Å²) in [4.78, 5) is 11.9. The molecule has 0 amide bonds. The zero-order chi connectivity index (χ0) is 12.3. The van der Waals surface area contributed by atoms with Gasteiger partial charge in [-0.1, -0.05) is 26.0 Å². The molecule has 3 nitrogen and oxygen atoms in total. The second kappa shape index (κ2) is 5.01. The molecule has 1 aromatic rings. The summed E-state index contributed by atoms with van der Waals surface area (Å²) < 4.78 is 5.34. The number of benzene rings is 1. The molecular formula is C13H19NO2. The molecule has 2 N–H and O–H groups in total. The van der Waals surface area contributed by atoms with E-state index in [0.717, 1.165) is 5.56 Å². The molecule has 0 aliphatic rings. The van der Waals surface area contributed by atoms with Gasteiger partial charge in [0, 0.05) is 5.69 Å². The largest absolute Gasteiger partial charge is 0.459 e. The summed E-state index contributed by atoms with van der Waals surface area (Å²) in [7, 11) is 0. The Kier molecular flexibility index (Phi) is 3.93. The Morgan fingerprint density at radius 2 is 1.94 bits per heavy atom. The first-order chi connectivity index (χ1) is 7.43. The maximum absolute atomic E-state index is 11.9. The highest BCUT2D eigenvalue weighted by Gasteiger charge is 2.18. The van der Waals surface area contributed by atoms with Gasteiger partial charge < -0.3 is 10.5 Å². The van der Waals surface area contributed by atoms with Crippen molar-refractivity contribution in [1.82, 2.24) is 0 Å². The fourth-order valence-electron chi connectivity index (χ4n) is 1.33. The Balaban J connectivity index is 2.89. The second-order valence-corrected chi connectivity index (χ2v) is 4.39. The number of nitrogen functional groups attached to an aromatic ring is 1. The zero-order valence-electron chi connectivity index (χ0n) is 10.3. The third kappa shape index (κ3) is 2.75. The van der Waals surface area contributed by atoms with Crippen molar-refractivity contribution >= 4 is 11.7 Å². The van der Waals surface area contributed by atoms with Gasteiger partial charge in [0.2, 0.25) is 0 Å². The number of anilines is 1. The third-order valence-corrected chi connectivity index (χ3v) is 2.74. The van der Waals surface area contributed by atoms with Crippen LogP contribution < -0.4 is 5.73 Å². The van der Waals surface area contributed by atoms with Crippen LogP contribution in [-0.4, -0.2) is 12.1 Å². The van der Waals surface area contributed by atoms with Crippen LogP contribution in [0.1, 0.15) is 36.7 Å². The van der Waals surface area contributed by atoms with Crippen molar-refractivity contribution in [2.45, 2.75) is 33.8 Å². The van der Waals surface area contributed by atoms with Crippen molar-refractivity contribution in [2.24, 2.45) is 5.92 Å². The lowest BCUT2D eigenvalue weighted by molar-refractivity contribution is 0.0238. The topological polar surface area (TPSA) is 52.3 Å². The Bertz CT molecular complexity index is 365. The number of nitrogens with two attached hydrogens (primary N) is 1. The van der Waals surface area contributed by atoms with Gasteiger partial charge in [0.15, 0.2) is 0 Å². The molecule has 0 bridgehead atoms. The number of carbonyl (C=O) groups excluding carboxylic acids is 1. The molecule has 1 atom stereocenters. The van der Waals surface area contributed by atoms with Gasteiger partial charge >= 0.3 is 5.97 Å². The molecule has 0 heterocycles. The molecule has 16 heavy (non-hydrogen) atoms. The minimum atomic E-state index is -0.336. The summed E-state index contributed by atoms with van der Waals surface area (Å²) in [6.07, 6.45) is -0.105. The van der Waals surface area contributed by atoms with Gasteiger partial charge in [-0.3, -0.25) is 0 Å². The molecule has 1 aromatic carbocycles. The van der Waals surface area contributed by atoms with Crippen LogP contribution in [0.25, 0.3) is 0 Å². The molecule has 3 heteroatoms. The molecule has 0 radical (unpaired) electrons. The number of aryl methyl sites for hydroxylation is 1. The van der Waals surface area contributed by atoms with Gasteiger partial charge in [-0.2, -0.15) is 0 Å². The molecule has 0 fully saturated rings. The number of carbonyl (C=O) groups is 1. The van der Waals surface area contributed by atoms with E-state index in [4.69, 9.17) is 10.5 Å². The third-order valence-electron chi connectivity index (χ3n) is 2.74. The maximum atomic E-state index is 11.9. The van der Waals surface area contributed by atoms with Crippen LogP contribution in [-0.2, 0) is 4.74 Å². The van der Waals surface area contributed by atoms with E-state index in [-0.39, 0.29) is 12.1 Å². The van der Waals surface area contributed by atoms with E-state index in [1.165, 1.54) is 0 Å². The maximum Gasteiger partial charge on any atom is 0.340 e. The molecule has 0 aliphatic heterocycles. The molecule has 0 aromatic heterocycles. The first-order valence-electron chi connectivity index (χ1n) is 5.49. The Morgan fingerprint density at radius 3 is 2.44 bits per heavy atom. The van der Waals surface area contributed by atoms with Gasteiger partial charge in [-0.25, -0.2) is 4.79 Å². The van der Waals surface area contributed by atoms with Crippen LogP contribution in [0.4, 0.5) is 5.69 Å². The summed E-state index contributed by atoms with van der Waals surface area (Å²) in [6.45, 7) is 7.77. The summed E-state index contributed by atoms with van der Waals surface area (Å²) >= 11 is 0. The van der Waals surface area contributed by atoms with Crippen LogP contribution in [0.2, 0.25) is 0 Å². The van der Waals surface area contributed by atoms with Crippen LogP contribution in [0.15, 0.2) is 18.2 Å². The van der Waals surface area contributed by atoms with Crippen molar-refractivity contribution in [3.05, 3.63) is 29.3 Å². The molecule has 0 aliphatic carbocycles. The van der Waals surface area contributed by atoms with E-state index in [1.807, 2.05) is 39.8 Å². The van der Waals surface area contributed by atoms with E-state index in [2.05, 4.69) is 0 Å². The van der Waals surface area contributed by atoms with Crippen molar-refractivity contribution in [3.63, 3.8) is 0 Å². The predicted octanol–water partition coefficient (Wildman–Crippen LogP) is 2.78. The fourth-order valence-corrected chi connectivity index (χ4v) is 1.33. The number of esters is 1. The average Bonchev–Trinajstić information content (AvgIpc) is 2.16. The van der Waals surface area contributed by atoms with E-state index in [0.29, 0.717) is 17.2 Å². The summed E-state index contributed by atoms with van der Waals surface area (Å²) in [5.74, 6) is -0.0361. The predicted molar refractivity (Wildman–Crippen MR) is 65.3 cm³/mol. The normalized spacial score (nSPS) is 12.6. The average molecular weight is 221 g/mol. The smallest absolute Gasteiger partial charge is 0.340 e. The highest BCUT2D eigenvalue weighted by molar-refractivity contribution is 5.96. The lowest BCUT2D eigenvalue weighted by atomic mass is 10.1. The van der Waals surface area contributed by atoms with Crippen LogP contribution in [0.5, 0.6) is 0 Å². The summed E-state index contributed by atoms with van der Waals surface area (Å²) in [5, 5.41) is 0. The minimum Gasteiger partial charge on any atom is -0.459 e. The van der Waals surface area contributed by atoms with Crippen molar-refractivity contribution in [3.8, 4) is 0 Å².